The number of rotatable bonds is 2. The molecule has 0 bridgehead atoms. The Bertz CT molecular complexity index is 136. The summed E-state index contributed by atoms with van der Waals surface area (Å²) in [6.45, 7) is 2.44. The number of hydrogen-bond donors (Lipinski definition) is 1. The highest BCUT2D eigenvalue weighted by molar-refractivity contribution is 5.77. The van der Waals surface area contributed by atoms with Gasteiger partial charge in [0.1, 0.15) is 0 Å². The van der Waals surface area contributed by atoms with Gasteiger partial charge in [-0.25, -0.2) is 4.79 Å². The summed E-state index contributed by atoms with van der Waals surface area (Å²) in [5.41, 5.74) is -0.847. The first-order valence-corrected chi connectivity index (χ1v) is 3.58. The monoisotopic (exact) mass is 144 g/mol. The van der Waals surface area contributed by atoms with Crippen molar-refractivity contribution in [3.05, 3.63) is 0 Å². The molecular formula is C7H12O3. The Hall–Kier alpha value is -0.570. The van der Waals surface area contributed by atoms with Crippen molar-refractivity contribution in [3.63, 3.8) is 0 Å². The van der Waals surface area contributed by atoms with Crippen molar-refractivity contribution in [1.82, 2.24) is 0 Å². The summed E-state index contributed by atoms with van der Waals surface area (Å²) >= 11 is 0. The summed E-state index contributed by atoms with van der Waals surface area (Å²) in [5.74, 6) is -0.813. The van der Waals surface area contributed by atoms with Crippen LogP contribution >= 0.6 is 0 Å². The Morgan fingerprint density at radius 1 is 1.80 bits per heavy atom. The molecule has 1 rings (SSSR count). The second-order valence-electron chi connectivity index (χ2n) is 2.61. The first-order chi connectivity index (χ1) is 4.71. The molecule has 0 spiro atoms. The maximum absolute atomic E-state index is 10.6. The van der Waals surface area contributed by atoms with Crippen LogP contribution in [0.25, 0.3) is 0 Å². The van der Waals surface area contributed by atoms with Crippen LogP contribution in [0.4, 0.5) is 0 Å². The zero-order chi connectivity index (χ0) is 7.61. The molecule has 1 heterocycles. The third-order valence-corrected chi connectivity index (χ3v) is 2.06. The summed E-state index contributed by atoms with van der Waals surface area (Å²) in [6, 6.07) is 0. The minimum atomic E-state index is -0.847. The summed E-state index contributed by atoms with van der Waals surface area (Å²) in [4.78, 5) is 10.6. The van der Waals surface area contributed by atoms with E-state index in [0.717, 1.165) is 6.42 Å². The van der Waals surface area contributed by atoms with Gasteiger partial charge in [0.15, 0.2) is 5.60 Å². The van der Waals surface area contributed by atoms with Crippen LogP contribution in [0.15, 0.2) is 0 Å². The maximum Gasteiger partial charge on any atom is 0.335 e. The molecule has 1 atom stereocenters. The minimum Gasteiger partial charge on any atom is -0.479 e. The molecule has 0 amide bonds. The van der Waals surface area contributed by atoms with Gasteiger partial charge in [0, 0.05) is 6.61 Å². The van der Waals surface area contributed by atoms with Gasteiger partial charge in [0.05, 0.1) is 0 Å². The van der Waals surface area contributed by atoms with E-state index in [1.54, 1.807) is 0 Å². The predicted octanol–water partition coefficient (Wildman–Crippen LogP) is 1.03. The normalized spacial score (nSPS) is 32.5. The van der Waals surface area contributed by atoms with Crippen molar-refractivity contribution in [2.45, 2.75) is 31.8 Å². The van der Waals surface area contributed by atoms with E-state index in [4.69, 9.17) is 9.84 Å². The molecule has 1 saturated heterocycles. The smallest absolute Gasteiger partial charge is 0.335 e. The van der Waals surface area contributed by atoms with Crippen LogP contribution in [0.2, 0.25) is 0 Å². The topological polar surface area (TPSA) is 46.5 Å². The lowest BCUT2D eigenvalue weighted by molar-refractivity contribution is -0.160. The summed E-state index contributed by atoms with van der Waals surface area (Å²) in [7, 11) is 0. The zero-order valence-electron chi connectivity index (χ0n) is 6.09. The fourth-order valence-electron chi connectivity index (χ4n) is 1.30. The largest absolute Gasteiger partial charge is 0.479 e. The molecule has 1 fully saturated rings. The summed E-state index contributed by atoms with van der Waals surface area (Å²) < 4.78 is 5.15. The van der Waals surface area contributed by atoms with Crippen LogP contribution in [0.5, 0.6) is 0 Å². The van der Waals surface area contributed by atoms with Gasteiger partial charge < -0.3 is 9.84 Å². The Kier molecular flexibility index (Phi) is 1.94. The van der Waals surface area contributed by atoms with Crippen LogP contribution in [0, 0.1) is 0 Å². The van der Waals surface area contributed by atoms with E-state index in [9.17, 15) is 4.79 Å². The Balaban J connectivity index is 2.67. The van der Waals surface area contributed by atoms with Crippen LogP contribution in [0.1, 0.15) is 26.2 Å². The first-order valence-electron chi connectivity index (χ1n) is 3.58. The maximum atomic E-state index is 10.6. The van der Waals surface area contributed by atoms with Gasteiger partial charge in [0.25, 0.3) is 0 Å². The van der Waals surface area contributed by atoms with Crippen LogP contribution in [-0.2, 0) is 9.53 Å². The fraction of sp³-hybridized carbons (Fsp3) is 0.857. The van der Waals surface area contributed by atoms with Crippen LogP contribution in [0.3, 0.4) is 0 Å². The number of hydrogen-bond acceptors (Lipinski definition) is 2. The van der Waals surface area contributed by atoms with Crippen LogP contribution in [-0.4, -0.2) is 23.3 Å². The van der Waals surface area contributed by atoms with E-state index in [0.29, 0.717) is 19.4 Å². The average Bonchev–Trinajstić information content (AvgIpc) is 2.35. The van der Waals surface area contributed by atoms with Gasteiger partial charge in [-0.3, -0.25) is 0 Å². The molecule has 3 nitrogen and oxygen atoms in total. The van der Waals surface area contributed by atoms with Gasteiger partial charge in [-0.1, -0.05) is 6.92 Å². The van der Waals surface area contributed by atoms with Crippen LogP contribution < -0.4 is 0 Å². The van der Waals surface area contributed by atoms with Gasteiger partial charge in [0.2, 0.25) is 0 Å². The Morgan fingerprint density at radius 2 is 2.50 bits per heavy atom. The quantitative estimate of drug-likeness (QED) is 0.629. The molecule has 0 saturated carbocycles. The van der Waals surface area contributed by atoms with Crippen molar-refractivity contribution in [2.24, 2.45) is 0 Å². The number of carbonyl (C=O) groups is 1. The molecule has 0 unspecified atom stereocenters. The van der Waals surface area contributed by atoms with Crippen molar-refractivity contribution < 1.29 is 14.6 Å². The standard InChI is InChI=1S/C7H12O3/c1-2-7(6(8)9)4-3-5-10-7/h2-5H2,1H3,(H,8,9)/t7-/m0/s1. The molecule has 0 radical (unpaired) electrons. The molecule has 1 aliphatic heterocycles. The molecule has 10 heavy (non-hydrogen) atoms. The molecule has 58 valence electrons. The molecule has 0 aromatic rings. The molecular weight excluding hydrogens is 132 g/mol. The van der Waals surface area contributed by atoms with E-state index in [1.165, 1.54) is 0 Å². The number of aliphatic carboxylic acids is 1. The van der Waals surface area contributed by atoms with E-state index < -0.39 is 11.6 Å². The van der Waals surface area contributed by atoms with E-state index in [-0.39, 0.29) is 0 Å². The van der Waals surface area contributed by atoms with Gasteiger partial charge in [-0.15, -0.1) is 0 Å². The van der Waals surface area contributed by atoms with Gasteiger partial charge in [-0.2, -0.15) is 0 Å². The number of carboxylic acids is 1. The Labute approximate surface area is 60.0 Å². The number of carboxylic acid groups (broad SMARTS) is 1. The lowest BCUT2D eigenvalue weighted by Gasteiger charge is -2.20. The molecule has 0 aromatic heterocycles. The molecule has 3 heteroatoms. The Morgan fingerprint density at radius 3 is 2.70 bits per heavy atom. The highest BCUT2D eigenvalue weighted by Crippen LogP contribution is 2.28. The molecule has 1 N–H and O–H groups in total. The lowest BCUT2D eigenvalue weighted by Crippen LogP contribution is -2.36. The van der Waals surface area contributed by atoms with Crippen molar-refractivity contribution in [1.29, 1.82) is 0 Å². The van der Waals surface area contributed by atoms with Gasteiger partial charge in [-0.05, 0) is 19.3 Å². The third-order valence-electron chi connectivity index (χ3n) is 2.06. The zero-order valence-corrected chi connectivity index (χ0v) is 6.09. The predicted molar refractivity (Wildman–Crippen MR) is 35.8 cm³/mol. The SMILES string of the molecule is CC[C@@]1(C(=O)O)CCCO1. The van der Waals surface area contributed by atoms with E-state index in [2.05, 4.69) is 0 Å². The average molecular weight is 144 g/mol. The molecule has 0 aromatic carbocycles. The number of ether oxygens (including phenoxy) is 1. The second-order valence-corrected chi connectivity index (χ2v) is 2.61. The minimum absolute atomic E-state index is 0.572. The summed E-state index contributed by atoms with van der Waals surface area (Å²) in [6.07, 6.45) is 2.11. The summed E-state index contributed by atoms with van der Waals surface area (Å²) in [5, 5.41) is 8.74. The highest BCUT2D eigenvalue weighted by atomic mass is 16.5. The lowest BCUT2D eigenvalue weighted by atomic mass is 9.97. The molecule has 0 aliphatic carbocycles. The fourth-order valence-corrected chi connectivity index (χ4v) is 1.30. The first kappa shape index (κ1) is 7.54. The highest BCUT2D eigenvalue weighted by Gasteiger charge is 2.40. The second kappa shape index (κ2) is 2.58. The van der Waals surface area contributed by atoms with Gasteiger partial charge >= 0.3 is 5.97 Å². The van der Waals surface area contributed by atoms with E-state index >= 15 is 0 Å². The van der Waals surface area contributed by atoms with Crippen molar-refractivity contribution >= 4 is 5.97 Å². The van der Waals surface area contributed by atoms with Crippen molar-refractivity contribution in [2.75, 3.05) is 6.61 Å². The third kappa shape index (κ3) is 1.01. The van der Waals surface area contributed by atoms with E-state index in [1.807, 2.05) is 6.92 Å². The van der Waals surface area contributed by atoms with Crippen molar-refractivity contribution in [3.8, 4) is 0 Å². The molecule has 1 aliphatic rings.